The average molecular weight is 617 g/mol. The number of phenolic OH excluding ortho intramolecular Hbond substituents is 2. The molecule has 1 saturated carbocycles. The van der Waals surface area contributed by atoms with Crippen LogP contribution in [0.5, 0.6) is 11.5 Å². The summed E-state index contributed by atoms with van der Waals surface area (Å²) in [6.07, 6.45) is 15.1. The number of benzene rings is 2. The van der Waals surface area contributed by atoms with Crippen LogP contribution in [0.15, 0.2) is 34.3 Å². The second-order valence-electron chi connectivity index (χ2n) is 16.4. The van der Waals surface area contributed by atoms with Gasteiger partial charge >= 0.3 is 0 Å². The first-order valence-electron chi connectivity index (χ1n) is 17.8. The third-order valence-corrected chi connectivity index (χ3v) is 9.97. The van der Waals surface area contributed by atoms with Crippen molar-refractivity contribution in [2.24, 2.45) is 9.98 Å². The first kappa shape index (κ1) is 36.8. The van der Waals surface area contributed by atoms with Gasteiger partial charge in [-0.3, -0.25) is 9.98 Å². The third-order valence-electron chi connectivity index (χ3n) is 9.97. The lowest BCUT2D eigenvalue weighted by Crippen LogP contribution is -2.27. The van der Waals surface area contributed by atoms with Gasteiger partial charge in [0.1, 0.15) is 11.5 Å². The van der Waals surface area contributed by atoms with Gasteiger partial charge in [0.15, 0.2) is 0 Å². The number of hydrogen-bond acceptors (Lipinski definition) is 4. The molecular weight excluding hydrogens is 552 g/mol. The average Bonchev–Trinajstić information content (AvgIpc) is 2.97. The van der Waals surface area contributed by atoms with Crippen LogP contribution in [-0.2, 0) is 16.2 Å². The quantitative estimate of drug-likeness (QED) is 0.233. The molecule has 0 spiro atoms. The Morgan fingerprint density at radius 3 is 1.64 bits per heavy atom. The molecule has 1 aliphatic rings. The molecule has 0 amide bonds. The van der Waals surface area contributed by atoms with Gasteiger partial charge in [-0.15, -0.1) is 0 Å². The fourth-order valence-electron chi connectivity index (χ4n) is 6.67. The van der Waals surface area contributed by atoms with Gasteiger partial charge in [0.25, 0.3) is 0 Å². The summed E-state index contributed by atoms with van der Waals surface area (Å²) in [5, 5.41) is 22.7. The van der Waals surface area contributed by atoms with E-state index in [4.69, 9.17) is 9.98 Å². The van der Waals surface area contributed by atoms with Crippen molar-refractivity contribution in [2.45, 2.75) is 175 Å². The van der Waals surface area contributed by atoms with E-state index in [1.165, 1.54) is 36.8 Å². The Kier molecular flexibility index (Phi) is 12.5. The van der Waals surface area contributed by atoms with Crippen molar-refractivity contribution in [2.75, 3.05) is 0 Å². The van der Waals surface area contributed by atoms with E-state index in [0.29, 0.717) is 11.5 Å². The molecule has 2 atom stereocenters. The zero-order valence-corrected chi connectivity index (χ0v) is 30.6. The fourth-order valence-corrected chi connectivity index (χ4v) is 6.67. The molecule has 1 aliphatic carbocycles. The molecule has 0 radical (unpaired) electrons. The van der Waals surface area contributed by atoms with E-state index in [1.54, 1.807) is 0 Å². The van der Waals surface area contributed by atoms with Gasteiger partial charge in [-0.05, 0) is 76.7 Å². The maximum atomic E-state index is 11.4. The monoisotopic (exact) mass is 616 g/mol. The van der Waals surface area contributed by atoms with E-state index in [2.05, 4.69) is 100 Å². The smallest absolute Gasteiger partial charge is 0.128 e. The zero-order chi connectivity index (χ0) is 33.6. The van der Waals surface area contributed by atoms with Gasteiger partial charge in [-0.2, -0.15) is 0 Å². The minimum Gasteiger partial charge on any atom is -0.507 e. The normalized spacial score (nSPS) is 18.5. The number of unbranched alkanes of at least 4 members (excludes halogenated alkanes) is 2. The lowest BCUT2D eigenvalue weighted by Gasteiger charge is -2.32. The number of phenols is 2. The van der Waals surface area contributed by atoms with Gasteiger partial charge < -0.3 is 10.2 Å². The van der Waals surface area contributed by atoms with E-state index >= 15 is 0 Å². The molecular formula is C41H64N2O2. The van der Waals surface area contributed by atoms with Crippen molar-refractivity contribution in [3.05, 3.63) is 57.6 Å². The SMILES string of the molecule is CCCCC(C)(CCCC)c1cc(C=NC2CCCCC2N=Cc2cc(C(C)(C)C)cc(C(C)(C)C)c2O)c(O)c(C(C)C)c1. The van der Waals surface area contributed by atoms with Gasteiger partial charge in [-0.1, -0.05) is 127 Å². The van der Waals surface area contributed by atoms with E-state index in [0.717, 1.165) is 60.8 Å². The summed E-state index contributed by atoms with van der Waals surface area (Å²) in [6, 6.07) is 8.81. The summed E-state index contributed by atoms with van der Waals surface area (Å²) >= 11 is 0. The fraction of sp³-hybridized carbons (Fsp3) is 0.659. The Bertz CT molecular complexity index is 1310. The lowest BCUT2D eigenvalue weighted by molar-refractivity contribution is 0.373. The van der Waals surface area contributed by atoms with Crippen LogP contribution in [0.4, 0.5) is 0 Å². The van der Waals surface area contributed by atoms with E-state index in [1.807, 2.05) is 12.4 Å². The molecule has 250 valence electrons. The zero-order valence-electron chi connectivity index (χ0n) is 30.6. The van der Waals surface area contributed by atoms with E-state index in [9.17, 15) is 10.2 Å². The van der Waals surface area contributed by atoms with Gasteiger partial charge in [0.05, 0.1) is 12.1 Å². The number of hydrogen-bond donors (Lipinski definition) is 2. The maximum absolute atomic E-state index is 11.4. The van der Waals surface area contributed by atoms with Crippen molar-refractivity contribution in [1.29, 1.82) is 0 Å². The number of nitrogens with zero attached hydrogens (tertiary/aromatic N) is 2. The van der Waals surface area contributed by atoms with Crippen LogP contribution in [0.25, 0.3) is 0 Å². The summed E-state index contributed by atoms with van der Waals surface area (Å²) in [5.41, 5.74) is 5.97. The van der Waals surface area contributed by atoms with Crippen LogP contribution in [0.3, 0.4) is 0 Å². The number of aromatic hydroxyl groups is 2. The molecule has 0 heterocycles. The van der Waals surface area contributed by atoms with Crippen molar-refractivity contribution < 1.29 is 10.2 Å². The standard InChI is InChI=1S/C41H64N2O2/c1-12-14-20-41(11,21-15-13-2)32-23-29(37(44)33(24-32)28(3)4)26-42-35-18-16-17-19-36(35)43-27-30-22-31(39(5,6)7)25-34(38(30)45)40(8,9)10/h22-28,35-36,44-45H,12-21H2,1-11H3. The molecule has 2 aromatic rings. The Labute approximate surface area is 275 Å². The van der Waals surface area contributed by atoms with Crippen molar-refractivity contribution in [3.8, 4) is 11.5 Å². The van der Waals surface area contributed by atoms with Crippen LogP contribution in [-0.4, -0.2) is 34.7 Å². The van der Waals surface area contributed by atoms with Crippen LogP contribution in [0, 0.1) is 0 Å². The molecule has 4 nitrogen and oxygen atoms in total. The highest BCUT2D eigenvalue weighted by Crippen LogP contribution is 2.41. The minimum atomic E-state index is -0.180. The molecule has 3 rings (SSSR count). The molecule has 4 heteroatoms. The minimum absolute atomic E-state index is 0.0392. The molecule has 2 unspecified atom stereocenters. The predicted molar refractivity (Wildman–Crippen MR) is 195 cm³/mol. The number of aliphatic imine (C=N–C) groups is 2. The lowest BCUT2D eigenvalue weighted by atomic mass is 9.73. The van der Waals surface area contributed by atoms with Crippen molar-refractivity contribution in [3.63, 3.8) is 0 Å². The Morgan fingerprint density at radius 2 is 1.20 bits per heavy atom. The van der Waals surface area contributed by atoms with E-state index in [-0.39, 0.29) is 34.2 Å². The van der Waals surface area contributed by atoms with Crippen molar-refractivity contribution >= 4 is 12.4 Å². The second kappa shape index (κ2) is 15.3. The van der Waals surface area contributed by atoms with Crippen LogP contribution < -0.4 is 0 Å². The molecule has 0 bridgehead atoms. The molecule has 1 fully saturated rings. The summed E-state index contributed by atoms with van der Waals surface area (Å²) < 4.78 is 0. The molecule has 45 heavy (non-hydrogen) atoms. The highest BCUT2D eigenvalue weighted by Gasteiger charge is 2.29. The summed E-state index contributed by atoms with van der Waals surface area (Å²) in [5.74, 6) is 0.910. The topological polar surface area (TPSA) is 65.2 Å². The summed E-state index contributed by atoms with van der Waals surface area (Å²) in [7, 11) is 0. The predicted octanol–water partition coefficient (Wildman–Crippen LogP) is 11.3. The second-order valence-corrected chi connectivity index (χ2v) is 16.4. The molecule has 0 aliphatic heterocycles. The van der Waals surface area contributed by atoms with Gasteiger partial charge in [-0.25, -0.2) is 0 Å². The first-order chi connectivity index (χ1) is 21.0. The van der Waals surface area contributed by atoms with Crippen LogP contribution in [0.2, 0.25) is 0 Å². The molecule has 0 aromatic heterocycles. The summed E-state index contributed by atoms with van der Waals surface area (Å²) in [4.78, 5) is 10.2. The molecule has 2 aromatic carbocycles. The summed E-state index contributed by atoms with van der Waals surface area (Å²) in [6.45, 7) is 24.3. The number of rotatable bonds is 12. The maximum Gasteiger partial charge on any atom is 0.128 e. The highest BCUT2D eigenvalue weighted by molar-refractivity contribution is 5.86. The Morgan fingerprint density at radius 1 is 0.711 bits per heavy atom. The Balaban J connectivity index is 2.00. The highest BCUT2D eigenvalue weighted by atomic mass is 16.3. The van der Waals surface area contributed by atoms with Gasteiger partial charge in [0, 0.05) is 29.1 Å². The van der Waals surface area contributed by atoms with Crippen LogP contribution >= 0.6 is 0 Å². The first-order valence-corrected chi connectivity index (χ1v) is 17.8. The largest absolute Gasteiger partial charge is 0.507 e. The molecule has 0 saturated heterocycles. The van der Waals surface area contributed by atoms with Crippen LogP contribution in [0.1, 0.15) is 180 Å². The van der Waals surface area contributed by atoms with E-state index < -0.39 is 0 Å². The Hall–Kier alpha value is -2.62. The van der Waals surface area contributed by atoms with Gasteiger partial charge in [0.2, 0.25) is 0 Å². The van der Waals surface area contributed by atoms with Crippen molar-refractivity contribution in [1.82, 2.24) is 0 Å². The third kappa shape index (κ3) is 9.46. The molecule has 2 N–H and O–H groups in total.